The van der Waals surface area contributed by atoms with E-state index in [0.29, 0.717) is 18.5 Å². The molecule has 0 bridgehead atoms. The van der Waals surface area contributed by atoms with E-state index in [1.165, 1.54) is 18.5 Å². The largest absolute Gasteiger partial charge is 0.381 e. The predicted octanol–water partition coefficient (Wildman–Crippen LogP) is 1.25. The van der Waals surface area contributed by atoms with E-state index in [1.807, 2.05) is 0 Å². The molecule has 1 saturated carbocycles. The van der Waals surface area contributed by atoms with E-state index in [2.05, 4.69) is 21.9 Å². The van der Waals surface area contributed by atoms with Crippen LogP contribution in [0.5, 0.6) is 0 Å². The molecule has 2 atom stereocenters. The third-order valence-corrected chi connectivity index (χ3v) is 4.19. The molecule has 0 amide bonds. The third kappa shape index (κ3) is 2.17. The van der Waals surface area contributed by atoms with Crippen LogP contribution < -0.4 is 5.73 Å². The fraction of sp³-hybridized carbons (Fsp3) is 0.846. The summed E-state index contributed by atoms with van der Waals surface area (Å²) in [5.41, 5.74) is 8.05. The molecular formula is C13H22N4O. The van der Waals surface area contributed by atoms with E-state index in [4.69, 9.17) is 10.5 Å². The molecule has 1 aromatic heterocycles. The summed E-state index contributed by atoms with van der Waals surface area (Å²) in [5.74, 6) is 1.25. The first-order valence-corrected chi connectivity index (χ1v) is 7.03. The number of nitrogens with zero attached hydrogens (tertiary/aromatic N) is 3. The maximum absolute atomic E-state index is 5.68. The number of ether oxygens (including phenoxy) is 1. The van der Waals surface area contributed by atoms with Gasteiger partial charge in [0.25, 0.3) is 0 Å². The van der Waals surface area contributed by atoms with Crippen LogP contribution in [0.4, 0.5) is 0 Å². The van der Waals surface area contributed by atoms with Gasteiger partial charge >= 0.3 is 0 Å². The Balaban J connectivity index is 1.91. The van der Waals surface area contributed by atoms with Crippen LogP contribution in [-0.4, -0.2) is 34.8 Å². The Morgan fingerprint density at radius 2 is 2.28 bits per heavy atom. The molecule has 1 aromatic rings. The highest BCUT2D eigenvalue weighted by molar-refractivity contribution is 5.18. The Morgan fingerprint density at radius 3 is 2.89 bits per heavy atom. The van der Waals surface area contributed by atoms with Gasteiger partial charge in [-0.05, 0) is 38.6 Å². The van der Waals surface area contributed by atoms with E-state index in [9.17, 15) is 0 Å². The Hall–Kier alpha value is -0.940. The second-order valence-corrected chi connectivity index (χ2v) is 5.54. The minimum absolute atomic E-state index is 0.461. The lowest BCUT2D eigenvalue weighted by molar-refractivity contribution is 0.192. The van der Waals surface area contributed by atoms with Crippen LogP contribution in [0.25, 0.3) is 0 Å². The highest BCUT2D eigenvalue weighted by Gasteiger charge is 2.34. The van der Waals surface area contributed by atoms with Crippen LogP contribution in [0.3, 0.4) is 0 Å². The molecule has 2 unspecified atom stereocenters. The molecule has 100 valence electrons. The Morgan fingerprint density at radius 1 is 1.44 bits per heavy atom. The summed E-state index contributed by atoms with van der Waals surface area (Å²) < 4.78 is 7.68. The van der Waals surface area contributed by atoms with Crippen molar-refractivity contribution in [3.05, 3.63) is 11.4 Å². The molecule has 2 N–H and O–H groups in total. The molecule has 1 aliphatic heterocycles. The van der Waals surface area contributed by atoms with Gasteiger partial charge in [-0.2, -0.15) is 0 Å². The SMILES string of the molecule is CC(C1CC1)n1nnc(CCN)c1C1CCOC1. The van der Waals surface area contributed by atoms with Crippen molar-refractivity contribution in [1.82, 2.24) is 15.0 Å². The lowest BCUT2D eigenvalue weighted by Gasteiger charge is -2.17. The van der Waals surface area contributed by atoms with Crippen LogP contribution in [0.15, 0.2) is 0 Å². The predicted molar refractivity (Wildman–Crippen MR) is 68.4 cm³/mol. The molecule has 3 rings (SSSR count). The second-order valence-electron chi connectivity index (χ2n) is 5.54. The summed E-state index contributed by atoms with van der Waals surface area (Å²) in [6.07, 6.45) is 4.56. The van der Waals surface area contributed by atoms with Crippen molar-refractivity contribution in [1.29, 1.82) is 0 Å². The second kappa shape index (κ2) is 4.97. The van der Waals surface area contributed by atoms with Crippen LogP contribution in [0.2, 0.25) is 0 Å². The molecule has 5 nitrogen and oxygen atoms in total. The average Bonchev–Trinajstić information content (AvgIpc) is 2.92. The summed E-state index contributed by atoms with van der Waals surface area (Å²) in [6.45, 7) is 4.56. The summed E-state index contributed by atoms with van der Waals surface area (Å²) in [4.78, 5) is 0. The van der Waals surface area contributed by atoms with Gasteiger partial charge in [0, 0.05) is 18.9 Å². The topological polar surface area (TPSA) is 66.0 Å². The van der Waals surface area contributed by atoms with E-state index in [-0.39, 0.29) is 0 Å². The van der Waals surface area contributed by atoms with Crippen molar-refractivity contribution in [2.24, 2.45) is 11.7 Å². The Bertz CT molecular complexity index is 407. The minimum atomic E-state index is 0.461. The monoisotopic (exact) mass is 250 g/mol. The van der Waals surface area contributed by atoms with E-state index in [0.717, 1.165) is 37.7 Å². The number of rotatable bonds is 5. The first-order chi connectivity index (χ1) is 8.81. The molecule has 2 aliphatic rings. The van der Waals surface area contributed by atoms with Gasteiger partial charge in [0.15, 0.2) is 0 Å². The van der Waals surface area contributed by atoms with Crippen molar-refractivity contribution >= 4 is 0 Å². The average molecular weight is 250 g/mol. The zero-order valence-electron chi connectivity index (χ0n) is 11.0. The molecule has 2 heterocycles. The summed E-state index contributed by atoms with van der Waals surface area (Å²) in [5, 5.41) is 8.76. The van der Waals surface area contributed by atoms with Gasteiger partial charge < -0.3 is 10.5 Å². The highest BCUT2D eigenvalue weighted by atomic mass is 16.5. The third-order valence-electron chi connectivity index (χ3n) is 4.19. The van der Waals surface area contributed by atoms with Crippen molar-refractivity contribution < 1.29 is 4.74 Å². The lowest BCUT2D eigenvalue weighted by Crippen LogP contribution is -2.17. The maximum Gasteiger partial charge on any atom is 0.0875 e. The first kappa shape index (κ1) is 12.1. The fourth-order valence-corrected chi connectivity index (χ4v) is 2.90. The molecular weight excluding hydrogens is 228 g/mol. The zero-order valence-corrected chi connectivity index (χ0v) is 11.0. The van der Waals surface area contributed by atoms with Crippen LogP contribution in [-0.2, 0) is 11.2 Å². The van der Waals surface area contributed by atoms with Crippen molar-refractivity contribution in [2.75, 3.05) is 19.8 Å². The zero-order chi connectivity index (χ0) is 12.5. The number of nitrogens with two attached hydrogens (primary N) is 1. The van der Waals surface area contributed by atoms with Gasteiger partial charge in [-0.1, -0.05) is 5.21 Å². The van der Waals surface area contributed by atoms with Crippen molar-refractivity contribution in [3.63, 3.8) is 0 Å². The molecule has 0 radical (unpaired) electrons. The summed E-state index contributed by atoms with van der Waals surface area (Å²) in [7, 11) is 0. The van der Waals surface area contributed by atoms with Crippen molar-refractivity contribution in [3.8, 4) is 0 Å². The molecule has 0 spiro atoms. The molecule has 0 aromatic carbocycles. The lowest BCUT2D eigenvalue weighted by atomic mass is 10.0. The summed E-state index contributed by atoms with van der Waals surface area (Å²) in [6, 6.07) is 0.472. The molecule has 18 heavy (non-hydrogen) atoms. The van der Waals surface area contributed by atoms with E-state index >= 15 is 0 Å². The number of aromatic nitrogens is 3. The minimum Gasteiger partial charge on any atom is -0.381 e. The Kier molecular flexibility index (Phi) is 3.35. The van der Waals surface area contributed by atoms with Crippen LogP contribution in [0, 0.1) is 5.92 Å². The van der Waals surface area contributed by atoms with Gasteiger partial charge in [0.05, 0.1) is 24.0 Å². The van der Waals surface area contributed by atoms with Gasteiger partial charge in [-0.25, -0.2) is 4.68 Å². The first-order valence-electron chi connectivity index (χ1n) is 7.03. The van der Waals surface area contributed by atoms with Gasteiger partial charge in [0.2, 0.25) is 0 Å². The summed E-state index contributed by atoms with van der Waals surface area (Å²) >= 11 is 0. The smallest absolute Gasteiger partial charge is 0.0875 e. The van der Waals surface area contributed by atoms with E-state index < -0.39 is 0 Å². The highest BCUT2D eigenvalue weighted by Crippen LogP contribution is 2.41. The molecule has 1 aliphatic carbocycles. The molecule has 2 fully saturated rings. The van der Waals surface area contributed by atoms with Crippen LogP contribution >= 0.6 is 0 Å². The quantitative estimate of drug-likeness (QED) is 0.854. The fourth-order valence-electron chi connectivity index (χ4n) is 2.90. The maximum atomic E-state index is 5.68. The van der Waals surface area contributed by atoms with Crippen LogP contribution in [0.1, 0.15) is 49.5 Å². The normalized spacial score (nSPS) is 25.6. The molecule has 1 saturated heterocycles. The molecule has 5 heteroatoms. The van der Waals surface area contributed by atoms with Gasteiger partial charge in [0.1, 0.15) is 0 Å². The van der Waals surface area contributed by atoms with E-state index in [1.54, 1.807) is 0 Å². The van der Waals surface area contributed by atoms with Gasteiger partial charge in [-0.15, -0.1) is 5.10 Å². The Labute approximate surface area is 108 Å². The number of hydrogen-bond donors (Lipinski definition) is 1. The van der Waals surface area contributed by atoms with Crippen molar-refractivity contribution in [2.45, 2.75) is 44.6 Å². The number of hydrogen-bond acceptors (Lipinski definition) is 4. The standard InChI is InChI=1S/C13H22N4O/c1-9(10-2-3-10)17-13(11-5-7-18-8-11)12(4-6-14)15-16-17/h9-11H,2-8,14H2,1H3. The van der Waals surface area contributed by atoms with Gasteiger partial charge in [-0.3, -0.25) is 0 Å².